The lowest BCUT2D eigenvalue weighted by Gasteiger charge is -2.37. The number of nitrogens with zero attached hydrogens (tertiary/aromatic N) is 2. The van der Waals surface area contributed by atoms with E-state index in [0.29, 0.717) is 32.1 Å². The lowest BCUT2D eigenvalue weighted by Crippen LogP contribution is -2.50. The summed E-state index contributed by atoms with van der Waals surface area (Å²) in [4.78, 5) is 4.34. The lowest BCUT2D eigenvalue weighted by atomic mass is 10.1. The molecule has 112 valence electrons. The van der Waals surface area contributed by atoms with E-state index >= 15 is 0 Å². The molecule has 0 aromatic carbocycles. The predicted octanol–water partition coefficient (Wildman–Crippen LogP) is 1.31. The molecule has 6 nitrogen and oxygen atoms in total. The van der Waals surface area contributed by atoms with E-state index < -0.39 is 15.6 Å². The quantitative estimate of drug-likeness (QED) is 0.907. The molecule has 20 heavy (non-hydrogen) atoms. The van der Waals surface area contributed by atoms with E-state index in [2.05, 4.69) is 10.3 Å². The zero-order valence-electron chi connectivity index (χ0n) is 12.1. The Morgan fingerprint density at radius 1 is 1.50 bits per heavy atom. The number of sulfonamides is 1. The van der Waals surface area contributed by atoms with E-state index in [4.69, 9.17) is 4.74 Å². The van der Waals surface area contributed by atoms with E-state index in [1.165, 1.54) is 4.31 Å². The van der Waals surface area contributed by atoms with Gasteiger partial charge in [0.05, 0.1) is 12.2 Å². The molecule has 0 radical (unpaired) electrons. The third-order valence-corrected chi connectivity index (χ3v) is 5.00. The highest BCUT2D eigenvalue weighted by Crippen LogP contribution is 2.26. The number of ether oxygens (including phenoxy) is 1. The molecule has 7 heteroatoms. The first-order valence-corrected chi connectivity index (χ1v) is 8.14. The summed E-state index contributed by atoms with van der Waals surface area (Å²) in [6.45, 7) is 7.42. The maximum Gasteiger partial charge on any atom is 0.246 e. The number of pyridine rings is 1. The molecule has 0 aliphatic carbocycles. The number of rotatable bonds is 4. The van der Waals surface area contributed by atoms with Crippen LogP contribution < -0.4 is 5.32 Å². The molecule has 0 bridgehead atoms. The van der Waals surface area contributed by atoms with Crippen LogP contribution in [-0.4, -0.2) is 49.5 Å². The van der Waals surface area contributed by atoms with Crippen LogP contribution in [0.1, 0.15) is 20.8 Å². The van der Waals surface area contributed by atoms with E-state index in [1.807, 2.05) is 20.8 Å². The molecule has 1 aromatic rings. The van der Waals surface area contributed by atoms with Crippen molar-refractivity contribution < 1.29 is 13.2 Å². The molecule has 0 atom stereocenters. The summed E-state index contributed by atoms with van der Waals surface area (Å²) in [7, 11) is -3.56. The second-order valence-corrected chi connectivity index (χ2v) is 7.23. The number of aromatic nitrogens is 1. The van der Waals surface area contributed by atoms with Gasteiger partial charge in [0.1, 0.15) is 10.7 Å². The van der Waals surface area contributed by atoms with E-state index in [0.717, 1.165) is 0 Å². The molecule has 0 saturated carbocycles. The monoisotopic (exact) mass is 299 g/mol. The first-order chi connectivity index (χ1) is 9.37. The minimum absolute atomic E-state index is 0.222. The van der Waals surface area contributed by atoms with Gasteiger partial charge in [-0.1, -0.05) is 0 Å². The van der Waals surface area contributed by atoms with Gasteiger partial charge in [-0.25, -0.2) is 13.4 Å². The highest BCUT2D eigenvalue weighted by atomic mass is 32.2. The van der Waals surface area contributed by atoms with Crippen LogP contribution >= 0.6 is 0 Å². The molecule has 0 unspecified atom stereocenters. The van der Waals surface area contributed by atoms with Crippen molar-refractivity contribution in [3.8, 4) is 0 Å². The molecule has 2 rings (SSSR count). The number of hydrogen-bond donors (Lipinski definition) is 1. The first-order valence-electron chi connectivity index (χ1n) is 6.70. The zero-order valence-corrected chi connectivity index (χ0v) is 12.9. The van der Waals surface area contributed by atoms with Crippen molar-refractivity contribution in [2.24, 2.45) is 0 Å². The average Bonchev–Trinajstić information content (AvgIpc) is 2.38. The van der Waals surface area contributed by atoms with Crippen molar-refractivity contribution in [2.45, 2.75) is 31.3 Å². The first kappa shape index (κ1) is 15.2. The van der Waals surface area contributed by atoms with Crippen molar-refractivity contribution in [1.82, 2.24) is 9.29 Å². The minimum atomic E-state index is -3.56. The highest BCUT2D eigenvalue weighted by molar-refractivity contribution is 7.89. The van der Waals surface area contributed by atoms with Gasteiger partial charge in [-0.2, -0.15) is 4.31 Å². The molecule has 0 spiro atoms. The standard InChI is InChI=1S/C13H21N3O3S/c1-4-14-12-11(6-5-7-15-12)20(17,18)16-8-9-19-13(2,3)10-16/h5-7H,4,8-10H2,1-3H3,(H,14,15). The second-order valence-electron chi connectivity index (χ2n) is 5.33. The summed E-state index contributed by atoms with van der Waals surface area (Å²) in [5, 5.41) is 2.99. The van der Waals surface area contributed by atoms with Gasteiger partial charge in [0.2, 0.25) is 10.0 Å². The largest absolute Gasteiger partial charge is 0.373 e. The van der Waals surface area contributed by atoms with Gasteiger partial charge in [-0.15, -0.1) is 0 Å². The Morgan fingerprint density at radius 3 is 2.90 bits per heavy atom. The van der Waals surface area contributed by atoms with Gasteiger partial charge in [0.15, 0.2) is 0 Å². The van der Waals surface area contributed by atoms with Gasteiger partial charge in [0, 0.05) is 25.8 Å². The van der Waals surface area contributed by atoms with Crippen molar-refractivity contribution in [2.75, 3.05) is 31.6 Å². The maximum atomic E-state index is 12.8. The predicted molar refractivity (Wildman–Crippen MR) is 77.2 cm³/mol. The Kier molecular flexibility index (Phi) is 4.31. The molecule has 1 fully saturated rings. The number of nitrogens with one attached hydrogen (secondary N) is 1. The summed E-state index contributed by atoms with van der Waals surface area (Å²) in [6, 6.07) is 3.22. The molecule has 1 aliphatic rings. The van der Waals surface area contributed by atoms with E-state index in [-0.39, 0.29) is 4.90 Å². The van der Waals surface area contributed by atoms with Gasteiger partial charge in [-0.3, -0.25) is 0 Å². The van der Waals surface area contributed by atoms with Gasteiger partial charge in [0.25, 0.3) is 0 Å². The summed E-state index contributed by atoms with van der Waals surface area (Å²) < 4.78 is 32.6. The molecule has 1 aromatic heterocycles. The molecule has 1 saturated heterocycles. The van der Waals surface area contributed by atoms with E-state index in [1.54, 1.807) is 18.3 Å². The Morgan fingerprint density at radius 2 is 2.25 bits per heavy atom. The van der Waals surface area contributed by atoms with Gasteiger partial charge >= 0.3 is 0 Å². The van der Waals surface area contributed by atoms with Crippen LogP contribution in [0.15, 0.2) is 23.2 Å². The fourth-order valence-corrected chi connectivity index (χ4v) is 3.91. The molecular weight excluding hydrogens is 278 g/mol. The fourth-order valence-electron chi connectivity index (χ4n) is 2.22. The summed E-state index contributed by atoms with van der Waals surface area (Å²) in [6.07, 6.45) is 1.58. The smallest absolute Gasteiger partial charge is 0.246 e. The van der Waals surface area contributed by atoms with Crippen LogP contribution in [0, 0.1) is 0 Å². The third kappa shape index (κ3) is 3.11. The van der Waals surface area contributed by atoms with Crippen LogP contribution in [0.3, 0.4) is 0 Å². The van der Waals surface area contributed by atoms with Crippen LogP contribution in [0.4, 0.5) is 5.82 Å². The van der Waals surface area contributed by atoms with Crippen molar-refractivity contribution >= 4 is 15.8 Å². The SMILES string of the molecule is CCNc1ncccc1S(=O)(=O)N1CCOC(C)(C)C1. The third-order valence-electron chi connectivity index (χ3n) is 3.12. The van der Waals surface area contributed by atoms with Crippen molar-refractivity contribution in [3.63, 3.8) is 0 Å². The topological polar surface area (TPSA) is 71.5 Å². The minimum Gasteiger partial charge on any atom is -0.373 e. The number of hydrogen-bond acceptors (Lipinski definition) is 5. The van der Waals surface area contributed by atoms with E-state index in [9.17, 15) is 8.42 Å². The van der Waals surface area contributed by atoms with Crippen molar-refractivity contribution in [3.05, 3.63) is 18.3 Å². The Balaban J connectivity index is 2.35. The molecule has 1 N–H and O–H groups in total. The maximum absolute atomic E-state index is 12.8. The Labute approximate surface area is 120 Å². The van der Waals surface area contributed by atoms with Gasteiger partial charge in [-0.05, 0) is 32.9 Å². The Hall–Kier alpha value is -1.18. The average molecular weight is 299 g/mol. The van der Waals surface area contributed by atoms with Crippen LogP contribution in [0.5, 0.6) is 0 Å². The second kappa shape index (κ2) is 5.67. The summed E-state index contributed by atoms with van der Waals surface area (Å²) in [5.41, 5.74) is -0.466. The van der Waals surface area contributed by atoms with Crippen molar-refractivity contribution in [1.29, 1.82) is 0 Å². The zero-order chi connectivity index (χ0) is 14.8. The molecular formula is C13H21N3O3S. The summed E-state index contributed by atoms with van der Waals surface area (Å²) in [5.74, 6) is 0.402. The van der Waals surface area contributed by atoms with Gasteiger partial charge < -0.3 is 10.1 Å². The van der Waals surface area contributed by atoms with Crippen LogP contribution in [0.25, 0.3) is 0 Å². The number of morpholine rings is 1. The molecule has 1 aliphatic heterocycles. The summed E-state index contributed by atoms with van der Waals surface area (Å²) >= 11 is 0. The molecule has 0 amide bonds. The van der Waals surface area contributed by atoms with Crippen LogP contribution in [-0.2, 0) is 14.8 Å². The number of anilines is 1. The molecule has 2 heterocycles. The lowest BCUT2D eigenvalue weighted by molar-refractivity contribution is -0.0640. The van der Waals surface area contributed by atoms with Crippen LogP contribution in [0.2, 0.25) is 0 Å². The normalized spacial score (nSPS) is 19.8. The fraction of sp³-hybridized carbons (Fsp3) is 0.615. The Bertz CT molecular complexity index is 572. The highest BCUT2D eigenvalue weighted by Gasteiger charge is 2.36.